The molecular weight excluding hydrogens is 284 g/mol. The molecule has 5 heteroatoms. The van der Waals surface area contributed by atoms with Crippen LogP contribution in [0.2, 0.25) is 0 Å². The van der Waals surface area contributed by atoms with Crippen LogP contribution in [-0.2, 0) is 6.42 Å². The van der Waals surface area contributed by atoms with Gasteiger partial charge >= 0.3 is 0 Å². The van der Waals surface area contributed by atoms with Crippen molar-refractivity contribution >= 4 is 11.3 Å². The molecule has 0 saturated carbocycles. The molecule has 21 heavy (non-hydrogen) atoms. The van der Waals surface area contributed by atoms with Gasteiger partial charge in [0.15, 0.2) is 11.5 Å². The van der Waals surface area contributed by atoms with Crippen molar-refractivity contribution < 1.29 is 9.47 Å². The average molecular weight is 306 g/mol. The van der Waals surface area contributed by atoms with E-state index in [0.29, 0.717) is 0 Å². The Morgan fingerprint density at radius 1 is 1.24 bits per heavy atom. The minimum Gasteiger partial charge on any atom is -0.493 e. The topological polar surface area (TPSA) is 43.4 Å². The Hall–Kier alpha value is -1.59. The third-order valence-electron chi connectivity index (χ3n) is 3.56. The van der Waals surface area contributed by atoms with E-state index in [1.807, 2.05) is 17.6 Å². The molecule has 0 aliphatic rings. The molecule has 0 bridgehead atoms. The number of nitrogens with one attached hydrogen (secondary N) is 1. The summed E-state index contributed by atoms with van der Waals surface area (Å²) in [4.78, 5) is 5.62. The fourth-order valence-corrected chi connectivity index (χ4v) is 2.99. The Morgan fingerprint density at radius 3 is 2.62 bits per heavy atom. The minimum atomic E-state index is 0.262. The Kier molecular flexibility index (Phi) is 5.59. The molecule has 114 valence electrons. The van der Waals surface area contributed by atoms with Crippen molar-refractivity contribution in [2.24, 2.45) is 0 Å². The zero-order chi connectivity index (χ0) is 15.2. The molecule has 0 amide bonds. The number of ether oxygens (including phenoxy) is 2. The second kappa shape index (κ2) is 7.43. The number of aryl methyl sites for hydroxylation is 1. The lowest BCUT2D eigenvalue weighted by molar-refractivity contribution is 0.354. The van der Waals surface area contributed by atoms with Gasteiger partial charge in [-0.3, -0.25) is 0 Å². The molecule has 1 aromatic heterocycles. The molecule has 1 aromatic carbocycles. The maximum atomic E-state index is 5.35. The molecule has 0 aliphatic heterocycles. The summed E-state index contributed by atoms with van der Waals surface area (Å²) in [5.74, 6) is 1.52. The quantitative estimate of drug-likeness (QED) is 0.852. The van der Waals surface area contributed by atoms with Gasteiger partial charge in [-0.2, -0.15) is 0 Å². The third kappa shape index (κ3) is 3.95. The van der Waals surface area contributed by atoms with E-state index in [2.05, 4.69) is 30.2 Å². The van der Waals surface area contributed by atoms with Crippen LogP contribution in [0.1, 0.15) is 29.1 Å². The highest BCUT2D eigenvalue weighted by Crippen LogP contribution is 2.29. The molecule has 0 fully saturated rings. The first-order chi connectivity index (χ1) is 10.2. The minimum absolute atomic E-state index is 0.262. The first-order valence-electron chi connectivity index (χ1n) is 7.00. The van der Waals surface area contributed by atoms with Crippen LogP contribution < -0.4 is 14.8 Å². The van der Waals surface area contributed by atoms with Crippen molar-refractivity contribution in [3.05, 3.63) is 39.8 Å². The van der Waals surface area contributed by atoms with E-state index in [-0.39, 0.29) is 6.04 Å². The number of aromatic nitrogens is 1. The molecule has 1 unspecified atom stereocenters. The summed E-state index contributed by atoms with van der Waals surface area (Å²) in [6.45, 7) is 5.14. The largest absolute Gasteiger partial charge is 0.493 e. The summed E-state index contributed by atoms with van der Waals surface area (Å²) in [6.07, 6.45) is 1.01. The fraction of sp³-hybridized carbons (Fsp3) is 0.438. The Bertz CT molecular complexity index is 583. The van der Waals surface area contributed by atoms with Crippen LogP contribution in [0.15, 0.2) is 23.7 Å². The fourth-order valence-electron chi connectivity index (χ4n) is 2.21. The summed E-state index contributed by atoms with van der Waals surface area (Å²) in [5, 5.41) is 3.54. The summed E-state index contributed by atoms with van der Waals surface area (Å²) >= 11 is 1.72. The van der Waals surface area contributed by atoms with Crippen molar-refractivity contribution in [2.45, 2.75) is 26.3 Å². The van der Waals surface area contributed by atoms with Crippen molar-refractivity contribution in [2.75, 3.05) is 20.8 Å². The van der Waals surface area contributed by atoms with Crippen molar-refractivity contribution in [3.63, 3.8) is 0 Å². The zero-order valence-electron chi connectivity index (χ0n) is 13.0. The average Bonchev–Trinajstić information content (AvgIpc) is 2.91. The van der Waals surface area contributed by atoms with Crippen LogP contribution in [0.3, 0.4) is 0 Å². The van der Waals surface area contributed by atoms with Gasteiger partial charge in [0, 0.05) is 17.5 Å². The molecule has 1 heterocycles. The Labute approximate surface area is 130 Å². The zero-order valence-corrected chi connectivity index (χ0v) is 13.8. The van der Waals surface area contributed by atoms with Gasteiger partial charge in [0.1, 0.15) is 0 Å². The number of hydrogen-bond donors (Lipinski definition) is 1. The number of hydrogen-bond acceptors (Lipinski definition) is 5. The molecule has 1 atom stereocenters. The summed E-state index contributed by atoms with van der Waals surface area (Å²) < 4.78 is 10.6. The molecule has 1 N–H and O–H groups in total. The van der Waals surface area contributed by atoms with Gasteiger partial charge in [-0.05, 0) is 38.0 Å². The van der Waals surface area contributed by atoms with Crippen LogP contribution in [0, 0.1) is 6.92 Å². The number of nitrogens with zero attached hydrogens (tertiary/aromatic N) is 1. The monoisotopic (exact) mass is 306 g/mol. The maximum absolute atomic E-state index is 5.35. The summed E-state index contributed by atoms with van der Waals surface area (Å²) in [5.41, 5.74) is 4.23. The van der Waals surface area contributed by atoms with Crippen LogP contribution in [0.25, 0.3) is 0 Å². The van der Waals surface area contributed by atoms with Crippen LogP contribution >= 0.6 is 11.3 Å². The van der Waals surface area contributed by atoms with E-state index in [1.54, 1.807) is 25.6 Å². The van der Waals surface area contributed by atoms with E-state index >= 15 is 0 Å². The van der Waals surface area contributed by atoms with Crippen LogP contribution in [0.5, 0.6) is 11.5 Å². The van der Waals surface area contributed by atoms with Crippen molar-refractivity contribution in [3.8, 4) is 11.5 Å². The molecule has 4 nitrogen and oxygen atoms in total. The van der Waals surface area contributed by atoms with Crippen LogP contribution in [-0.4, -0.2) is 25.7 Å². The summed E-state index contributed by atoms with van der Waals surface area (Å²) in [6, 6.07) is 6.29. The SMILES string of the molecule is COc1ccc(C(C)NCCc2scnc2C)cc1OC. The molecule has 2 rings (SSSR count). The van der Waals surface area contributed by atoms with E-state index in [1.165, 1.54) is 10.4 Å². The lowest BCUT2D eigenvalue weighted by Crippen LogP contribution is -2.21. The maximum Gasteiger partial charge on any atom is 0.161 e. The number of thiazole rings is 1. The van der Waals surface area contributed by atoms with Gasteiger partial charge in [0.2, 0.25) is 0 Å². The highest BCUT2D eigenvalue weighted by Gasteiger charge is 2.10. The predicted molar refractivity (Wildman–Crippen MR) is 86.5 cm³/mol. The van der Waals surface area contributed by atoms with Crippen molar-refractivity contribution in [1.29, 1.82) is 0 Å². The molecule has 0 spiro atoms. The van der Waals surface area contributed by atoms with E-state index in [4.69, 9.17) is 9.47 Å². The molecule has 2 aromatic rings. The Balaban J connectivity index is 1.94. The normalized spacial score (nSPS) is 12.2. The van der Waals surface area contributed by atoms with Gasteiger partial charge in [-0.25, -0.2) is 4.98 Å². The van der Waals surface area contributed by atoms with Gasteiger partial charge in [-0.15, -0.1) is 11.3 Å². The lowest BCUT2D eigenvalue weighted by Gasteiger charge is -2.16. The molecule has 0 saturated heterocycles. The molecule has 0 radical (unpaired) electrons. The molecular formula is C16H22N2O2S. The number of rotatable bonds is 7. The van der Waals surface area contributed by atoms with E-state index in [0.717, 1.165) is 30.2 Å². The number of benzene rings is 1. The lowest BCUT2D eigenvalue weighted by atomic mass is 10.1. The van der Waals surface area contributed by atoms with Crippen molar-refractivity contribution in [1.82, 2.24) is 10.3 Å². The number of methoxy groups -OCH3 is 2. The highest BCUT2D eigenvalue weighted by atomic mass is 32.1. The highest BCUT2D eigenvalue weighted by molar-refractivity contribution is 7.09. The third-order valence-corrected chi connectivity index (χ3v) is 4.55. The molecule has 0 aliphatic carbocycles. The second-order valence-electron chi connectivity index (χ2n) is 4.90. The van der Waals surface area contributed by atoms with Gasteiger partial charge < -0.3 is 14.8 Å². The van der Waals surface area contributed by atoms with Gasteiger partial charge in [-0.1, -0.05) is 6.07 Å². The Morgan fingerprint density at radius 2 is 2.00 bits per heavy atom. The predicted octanol–water partition coefficient (Wildman–Crippen LogP) is 3.36. The second-order valence-corrected chi connectivity index (χ2v) is 5.84. The first kappa shape index (κ1) is 15.8. The van der Waals surface area contributed by atoms with Crippen LogP contribution in [0.4, 0.5) is 0 Å². The van der Waals surface area contributed by atoms with E-state index < -0.39 is 0 Å². The smallest absolute Gasteiger partial charge is 0.161 e. The van der Waals surface area contributed by atoms with E-state index in [9.17, 15) is 0 Å². The summed E-state index contributed by atoms with van der Waals surface area (Å²) in [7, 11) is 3.31. The standard InChI is InChI=1S/C16H22N2O2S/c1-11(17-8-7-16-12(2)18-10-21-16)13-5-6-14(19-3)15(9-13)20-4/h5-6,9-11,17H,7-8H2,1-4H3. The van der Waals surface area contributed by atoms with Gasteiger partial charge in [0.05, 0.1) is 25.4 Å². The van der Waals surface area contributed by atoms with Gasteiger partial charge in [0.25, 0.3) is 0 Å². The first-order valence-corrected chi connectivity index (χ1v) is 7.88.